The largest absolute Gasteiger partial charge is 0.482 e. The molecule has 2 aliphatic heterocycles. The van der Waals surface area contributed by atoms with Crippen LogP contribution < -0.4 is 15.0 Å². The molecule has 0 spiro atoms. The lowest BCUT2D eigenvalue weighted by Crippen LogP contribution is -2.38. The van der Waals surface area contributed by atoms with Crippen LogP contribution in [0.3, 0.4) is 0 Å². The van der Waals surface area contributed by atoms with Crippen LogP contribution in [-0.4, -0.2) is 53.2 Å². The van der Waals surface area contributed by atoms with Crippen LogP contribution in [0.1, 0.15) is 33.6 Å². The SMILES string of the molecule is C=CCN1C(=O)COc2ccc(-c3csc(NC(=O)CCCN4C(=O)c5ccccc5C4=O)n3)cc21. The predicted molar refractivity (Wildman–Crippen MR) is 135 cm³/mol. The lowest BCUT2D eigenvalue weighted by molar-refractivity contribution is -0.121. The molecule has 0 saturated carbocycles. The quantitative estimate of drug-likeness (QED) is 0.371. The zero-order valence-corrected chi connectivity index (χ0v) is 20.0. The van der Waals surface area contributed by atoms with Gasteiger partial charge in [-0.2, -0.15) is 0 Å². The van der Waals surface area contributed by atoms with Crippen molar-refractivity contribution in [1.29, 1.82) is 0 Å². The Morgan fingerprint density at radius 3 is 2.58 bits per heavy atom. The summed E-state index contributed by atoms with van der Waals surface area (Å²) in [6, 6.07) is 12.2. The van der Waals surface area contributed by atoms with Gasteiger partial charge in [0.15, 0.2) is 11.7 Å². The van der Waals surface area contributed by atoms with E-state index in [0.717, 1.165) is 5.56 Å². The number of nitrogens with zero attached hydrogens (tertiary/aromatic N) is 3. The highest BCUT2D eigenvalue weighted by atomic mass is 32.1. The minimum atomic E-state index is -0.329. The molecule has 5 rings (SSSR count). The number of amides is 4. The van der Waals surface area contributed by atoms with E-state index in [4.69, 9.17) is 4.74 Å². The molecule has 9 nitrogen and oxygen atoms in total. The minimum absolute atomic E-state index is 0.0138. The molecule has 1 N–H and O–H groups in total. The van der Waals surface area contributed by atoms with Gasteiger partial charge in [-0.15, -0.1) is 17.9 Å². The lowest BCUT2D eigenvalue weighted by Gasteiger charge is -2.28. The van der Waals surface area contributed by atoms with Crippen LogP contribution in [0.2, 0.25) is 0 Å². The van der Waals surface area contributed by atoms with Crippen molar-refractivity contribution in [2.24, 2.45) is 0 Å². The molecule has 3 heterocycles. The van der Waals surface area contributed by atoms with Crippen LogP contribution in [0.15, 0.2) is 60.5 Å². The van der Waals surface area contributed by atoms with E-state index in [1.807, 2.05) is 17.5 Å². The number of imide groups is 1. The van der Waals surface area contributed by atoms with Crippen molar-refractivity contribution in [2.75, 3.05) is 29.9 Å². The molecule has 0 aliphatic carbocycles. The first-order valence-electron chi connectivity index (χ1n) is 11.4. The number of ether oxygens (including phenoxy) is 1. The molecule has 2 aromatic carbocycles. The van der Waals surface area contributed by atoms with Crippen LogP contribution in [0.4, 0.5) is 10.8 Å². The molecule has 4 amide bonds. The number of nitrogens with one attached hydrogen (secondary N) is 1. The summed E-state index contributed by atoms with van der Waals surface area (Å²) >= 11 is 1.28. The maximum atomic E-state index is 12.5. The van der Waals surface area contributed by atoms with Crippen molar-refractivity contribution in [2.45, 2.75) is 12.8 Å². The average molecular weight is 503 g/mol. The van der Waals surface area contributed by atoms with Gasteiger partial charge in [-0.25, -0.2) is 4.98 Å². The number of hydrogen-bond acceptors (Lipinski definition) is 7. The Morgan fingerprint density at radius 1 is 1.11 bits per heavy atom. The van der Waals surface area contributed by atoms with Crippen LogP contribution in [0.25, 0.3) is 11.3 Å². The van der Waals surface area contributed by atoms with Crippen molar-refractivity contribution in [3.05, 3.63) is 71.6 Å². The average Bonchev–Trinajstić information content (AvgIpc) is 3.44. The number of anilines is 2. The zero-order chi connectivity index (χ0) is 25.2. The van der Waals surface area contributed by atoms with Gasteiger partial charge in [-0.1, -0.05) is 18.2 Å². The summed E-state index contributed by atoms with van der Waals surface area (Å²) in [4.78, 5) is 56.9. The molecule has 10 heteroatoms. The molecule has 0 saturated heterocycles. The fourth-order valence-electron chi connectivity index (χ4n) is 4.18. The van der Waals surface area contributed by atoms with E-state index in [2.05, 4.69) is 16.9 Å². The van der Waals surface area contributed by atoms with E-state index in [9.17, 15) is 19.2 Å². The monoisotopic (exact) mass is 502 g/mol. The topological polar surface area (TPSA) is 109 Å². The Balaban J connectivity index is 1.19. The van der Waals surface area contributed by atoms with Gasteiger partial charge in [-0.3, -0.25) is 24.1 Å². The third-order valence-electron chi connectivity index (χ3n) is 5.92. The van der Waals surface area contributed by atoms with Crippen molar-refractivity contribution in [3.63, 3.8) is 0 Å². The number of carbonyl (C=O) groups excluding carboxylic acids is 4. The summed E-state index contributed by atoms with van der Waals surface area (Å²) in [6.45, 7) is 4.24. The maximum Gasteiger partial charge on any atom is 0.265 e. The van der Waals surface area contributed by atoms with Gasteiger partial charge in [0.1, 0.15) is 5.75 Å². The summed E-state index contributed by atoms with van der Waals surface area (Å²) in [7, 11) is 0. The van der Waals surface area contributed by atoms with Gasteiger partial charge in [0.05, 0.1) is 22.5 Å². The number of carbonyl (C=O) groups is 4. The number of rotatable bonds is 8. The van der Waals surface area contributed by atoms with Crippen LogP contribution >= 0.6 is 11.3 Å². The second-order valence-electron chi connectivity index (χ2n) is 8.26. The van der Waals surface area contributed by atoms with Gasteiger partial charge < -0.3 is 15.0 Å². The Morgan fingerprint density at radius 2 is 1.86 bits per heavy atom. The Hall–Kier alpha value is -4.31. The molecule has 36 heavy (non-hydrogen) atoms. The lowest BCUT2D eigenvalue weighted by atomic mass is 10.1. The summed E-state index contributed by atoms with van der Waals surface area (Å²) < 4.78 is 5.52. The summed E-state index contributed by atoms with van der Waals surface area (Å²) in [6.07, 6.45) is 2.13. The smallest absolute Gasteiger partial charge is 0.265 e. The highest BCUT2D eigenvalue weighted by Gasteiger charge is 2.34. The standard InChI is InChI=1S/C26H22N4O5S/c1-2-11-29-20-13-16(9-10-21(20)35-14-23(29)32)19-15-36-26(27-19)28-22(31)8-5-12-30-24(33)17-6-3-4-7-18(17)25(30)34/h2-4,6-7,9-10,13,15H,1,5,8,11-12,14H2,(H,27,28,31). The fourth-order valence-corrected chi connectivity index (χ4v) is 4.91. The molecule has 0 fully saturated rings. The first-order valence-corrected chi connectivity index (χ1v) is 12.2. The second-order valence-corrected chi connectivity index (χ2v) is 9.12. The van der Waals surface area contributed by atoms with Crippen LogP contribution in [0.5, 0.6) is 5.75 Å². The normalized spacial score (nSPS) is 14.4. The van der Waals surface area contributed by atoms with E-state index in [1.165, 1.54) is 16.2 Å². The van der Waals surface area contributed by atoms with Crippen molar-refractivity contribution in [3.8, 4) is 17.0 Å². The van der Waals surface area contributed by atoms with Gasteiger partial charge >= 0.3 is 0 Å². The van der Waals surface area contributed by atoms with E-state index in [1.54, 1.807) is 41.3 Å². The number of fused-ring (bicyclic) bond motifs is 2. The third kappa shape index (κ3) is 4.38. The first-order chi connectivity index (χ1) is 17.5. The Kier molecular flexibility index (Phi) is 6.34. The van der Waals surface area contributed by atoms with E-state index in [0.29, 0.717) is 46.4 Å². The van der Waals surface area contributed by atoms with Gasteiger partial charge in [-0.05, 0) is 36.8 Å². The molecule has 182 valence electrons. The van der Waals surface area contributed by atoms with Crippen LogP contribution in [-0.2, 0) is 9.59 Å². The van der Waals surface area contributed by atoms with E-state index in [-0.39, 0.29) is 43.2 Å². The molecule has 3 aromatic rings. The molecule has 2 aliphatic rings. The highest BCUT2D eigenvalue weighted by molar-refractivity contribution is 7.14. The zero-order valence-electron chi connectivity index (χ0n) is 19.2. The Labute approximate surface area is 211 Å². The highest BCUT2D eigenvalue weighted by Crippen LogP contribution is 2.36. The predicted octanol–water partition coefficient (Wildman–Crippen LogP) is 3.74. The number of thiazole rings is 1. The second kappa shape index (κ2) is 9.74. The molecule has 0 atom stereocenters. The molecule has 0 radical (unpaired) electrons. The molecule has 0 unspecified atom stereocenters. The molecule has 0 bridgehead atoms. The Bertz CT molecular complexity index is 1360. The van der Waals surface area contributed by atoms with Crippen molar-refractivity contribution < 1.29 is 23.9 Å². The van der Waals surface area contributed by atoms with Crippen LogP contribution in [0, 0.1) is 0 Å². The molecular formula is C26H22N4O5S. The third-order valence-corrected chi connectivity index (χ3v) is 6.68. The summed E-state index contributed by atoms with van der Waals surface area (Å²) in [5.74, 6) is -0.447. The van der Waals surface area contributed by atoms with Crippen molar-refractivity contribution in [1.82, 2.24) is 9.88 Å². The maximum absolute atomic E-state index is 12.5. The van der Waals surface area contributed by atoms with Gasteiger partial charge in [0, 0.05) is 30.5 Å². The number of benzene rings is 2. The molecule has 1 aromatic heterocycles. The minimum Gasteiger partial charge on any atom is -0.482 e. The summed E-state index contributed by atoms with van der Waals surface area (Å²) in [5.41, 5.74) is 2.88. The number of hydrogen-bond donors (Lipinski definition) is 1. The first kappa shape index (κ1) is 23.4. The van der Waals surface area contributed by atoms with Crippen molar-refractivity contribution >= 4 is 45.8 Å². The van der Waals surface area contributed by atoms with E-state index < -0.39 is 0 Å². The van der Waals surface area contributed by atoms with Gasteiger partial charge in [0.2, 0.25) is 5.91 Å². The fraction of sp³-hybridized carbons (Fsp3) is 0.192. The summed E-state index contributed by atoms with van der Waals surface area (Å²) in [5, 5.41) is 5.03. The molecular weight excluding hydrogens is 480 g/mol. The van der Waals surface area contributed by atoms with Gasteiger partial charge in [0.25, 0.3) is 17.7 Å². The van der Waals surface area contributed by atoms with E-state index >= 15 is 0 Å². The number of aromatic nitrogens is 1.